The fraction of sp³-hybridized carbons (Fsp3) is 0.667. The minimum absolute atomic E-state index is 0.207. The van der Waals surface area contributed by atoms with Crippen molar-refractivity contribution in [1.82, 2.24) is 0 Å². The van der Waals surface area contributed by atoms with Crippen molar-refractivity contribution in [3.63, 3.8) is 0 Å². The maximum absolute atomic E-state index is 12.5. The molecule has 2 rings (SSSR count). The summed E-state index contributed by atoms with van der Waals surface area (Å²) in [5.74, 6) is -1.09. The smallest absolute Gasteiger partial charge is 0.309 e. The van der Waals surface area contributed by atoms with Crippen LogP contribution in [0.2, 0.25) is 0 Å². The summed E-state index contributed by atoms with van der Waals surface area (Å²) >= 11 is 0. The third kappa shape index (κ3) is 8.04. The van der Waals surface area contributed by atoms with Gasteiger partial charge in [-0.15, -0.1) is 0 Å². The summed E-state index contributed by atoms with van der Waals surface area (Å²) in [6.45, 7) is 3.06. The van der Waals surface area contributed by atoms with Crippen molar-refractivity contribution in [2.45, 2.75) is 77.6 Å². The normalized spacial score (nSPS) is 19.2. The Hall–Kier alpha value is -1.84. The number of rotatable bonds is 12. The highest BCUT2D eigenvalue weighted by Gasteiger charge is 2.37. The number of esters is 2. The third-order valence-corrected chi connectivity index (χ3v) is 5.56. The molecule has 1 saturated carbocycles. The van der Waals surface area contributed by atoms with Crippen LogP contribution in [0.4, 0.5) is 0 Å². The molecule has 156 valence electrons. The Morgan fingerprint density at radius 2 is 1.39 bits per heavy atom. The molecule has 0 heterocycles. The molecule has 1 aliphatic rings. The number of benzene rings is 1. The number of hydrogen-bond acceptors (Lipinski definition) is 4. The van der Waals surface area contributed by atoms with E-state index < -0.39 is 0 Å². The molecule has 2 unspecified atom stereocenters. The predicted molar refractivity (Wildman–Crippen MR) is 111 cm³/mol. The fourth-order valence-electron chi connectivity index (χ4n) is 3.88. The van der Waals surface area contributed by atoms with Gasteiger partial charge in [-0.2, -0.15) is 0 Å². The second-order valence-electron chi connectivity index (χ2n) is 7.84. The highest BCUT2D eigenvalue weighted by molar-refractivity contribution is 5.82. The summed E-state index contributed by atoms with van der Waals surface area (Å²) in [6, 6.07) is 10.2. The van der Waals surface area contributed by atoms with Gasteiger partial charge in [0.25, 0.3) is 0 Å². The van der Waals surface area contributed by atoms with Gasteiger partial charge in [0.15, 0.2) is 0 Å². The lowest BCUT2D eigenvalue weighted by atomic mass is 9.79. The minimum atomic E-state index is -0.335. The van der Waals surface area contributed by atoms with E-state index in [0.717, 1.165) is 51.4 Å². The van der Waals surface area contributed by atoms with E-state index in [9.17, 15) is 9.59 Å². The van der Waals surface area contributed by atoms with Crippen LogP contribution >= 0.6 is 0 Å². The second-order valence-corrected chi connectivity index (χ2v) is 7.84. The zero-order valence-corrected chi connectivity index (χ0v) is 17.4. The van der Waals surface area contributed by atoms with Crippen LogP contribution in [0.5, 0.6) is 0 Å². The maximum atomic E-state index is 12.5. The topological polar surface area (TPSA) is 52.6 Å². The first-order valence-electron chi connectivity index (χ1n) is 11.1. The molecule has 4 heteroatoms. The molecular formula is C24H36O4. The second kappa shape index (κ2) is 13.4. The molecule has 0 N–H and O–H groups in total. The lowest BCUT2D eigenvalue weighted by molar-refractivity contribution is -0.163. The van der Waals surface area contributed by atoms with Gasteiger partial charge in [0.1, 0.15) is 0 Å². The monoisotopic (exact) mass is 388 g/mol. The highest BCUT2D eigenvalue weighted by Crippen LogP contribution is 2.32. The highest BCUT2D eigenvalue weighted by atomic mass is 16.5. The number of carbonyl (C=O) groups is 2. The van der Waals surface area contributed by atoms with Crippen LogP contribution in [-0.2, 0) is 25.5 Å². The molecule has 0 saturated heterocycles. The minimum Gasteiger partial charge on any atom is -0.465 e. The lowest BCUT2D eigenvalue weighted by Crippen LogP contribution is -2.35. The molecule has 1 fully saturated rings. The summed E-state index contributed by atoms with van der Waals surface area (Å²) in [6.07, 6.45) is 10.7. The number of ether oxygens (including phenoxy) is 2. The molecule has 2 atom stereocenters. The van der Waals surface area contributed by atoms with Crippen molar-refractivity contribution in [1.29, 1.82) is 0 Å². The number of aryl methyl sites for hydroxylation is 1. The number of unbranched alkanes of at least 4 members (excludes halogenated alkanes) is 4. The van der Waals surface area contributed by atoms with Crippen LogP contribution in [-0.4, -0.2) is 25.2 Å². The summed E-state index contributed by atoms with van der Waals surface area (Å²) < 4.78 is 11.0. The molecule has 1 aliphatic carbocycles. The van der Waals surface area contributed by atoms with Gasteiger partial charge in [-0.3, -0.25) is 9.59 Å². The number of carbonyl (C=O) groups excluding carboxylic acids is 2. The quantitative estimate of drug-likeness (QED) is 0.351. The average Bonchev–Trinajstić information content (AvgIpc) is 2.74. The molecule has 0 bridgehead atoms. The van der Waals surface area contributed by atoms with Gasteiger partial charge in [-0.1, -0.05) is 75.8 Å². The van der Waals surface area contributed by atoms with Crippen LogP contribution < -0.4 is 0 Å². The van der Waals surface area contributed by atoms with Gasteiger partial charge >= 0.3 is 11.9 Å². The molecular weight excluding hydrogens is 352 g/mol. The van der Waals surface area contributed by atoms with Gasteiger partial charge in [0.2, 0.25) is 0 Å². The lowest BCUT2D eigenvalue weighted by Gasteiger charge is -2.28. The Morgan fingerprint density at radius 1 is 0.821 bits per heavy atom. The zero-order valence-electron chi connectivity index (χ0n) is 17.4. The van der Waals surface area contributed by atoms with Gasteiger partial charge in [-0.05, 0) is 37.7 Å². The third-order valence-electron chi connectivity index (χ3n) is 5.56. The summed E-state index contributed by atoms with van der Waals surface area (Å²) in [5, 5.41) is 0. The molecule has 1 aromatic rings. The van der Waals surface area contributed by atoms with E-state index >= 15 is 0 Å². The fourth-order valence-corrected chi connectivity index (χ4v) is 3.88. The van der Waals surface area contributed by atoms with Crippen LogP contribution in [0.15, 0.2) is 30.3 Å². The Balaban J connectivity index is 1.69. The van der Waals surface area contributed by atoms with E-state index in [4.69, 9.17) is 9.47 Å². The van der Waals surface area contributed by atoms with Crippen LogP contribution in [0.3, 0.4) is 0 Å². The number of hydrogen-bond donors (Lipinski definition) is 0. The molecule has 4 nitrogen and oxygen atoms in total. The SMILES string of the molecule is CCCCCCCOC(=O)C1CCCCC1C(=O)OCCCc1ccccc1. The van der Waals surface area contributed by atoms with Gasteiger partial charge in [0, 0.05) is 0 Å². The van der Waals surface area contributed by atoms with E-state index in [2.05, 4.69) is 19.1 Å². The first-order valence-corrected chi connectivity index (χ1v) is 11.1. The standard InChI is InChI=1S/C24H36O4/c1-2-3-4-5-11-18-27-23(25)21-16-9-10-17-22(21)24(26)28-19-12-15-20-13-7-6-8-14-20/h6-8,13-14,21-22H,2-5,9-12,15-19H2,1H3. The van der Waals surface area contributed by atoms with E-state index in [-0.39, 0.29) is 23.8 Å². The van der Waals surface area contributed by atoms with Crippen molar-refractivity contribution in [3.05, 3.63) is 35.9 Å². The summed E-state index contributed by atoms with van der Waals surface area (Å²) in [7, 11) is 0. The van der Waals surface area contributed by atoms with Gasteiger partial charge < -0.3 is 9.47 Å². The largest absolute Gasteiger partial charge is 0.465 e. The van der Waals surface area contributed by atoms with Crippen LogP contribution in [0.25, 0.3) is 0 Å². The van der Waals surface area contributed by atoms with E-state index in [1.54, 1.807) is 0 Å². The molecule has 0 amide bonds. The van der Waals surface area contributed by atoms with E-state index in [1.807, 2.05) is 18.2 Å². The maximum Gasteiger partial charge on any atom is 0.309 e. The molecule has 0 radical (unpaired) electrons. The molecule has 28 heavy (non-hydrogen) atoms. The summed E-state index contributed by atoms with van der Waals surface area (Å²) in [4.78, 5) is 25.0. The van der Waals surface area contributed by atoms with Crippen LogP contribution in [0.1, 0.15) is 76.7 Å². The van der Waals surface area contributed by atoms with Crippen molar-refractivity contribution in [2.24, 2.45) is 11.8 Å². The molecule has 0 spiro atoms. The van der Waals surface area contributed by atoms with Gasteiger partial charge in [0.05, 0.1) is 25.0 Å². The first-order chi connectivity index (χ1) is 13.7. The average molecular weight is 389 g/mol. The Bertz CT molecular complexity index is 569. The molecule has 0 aromatic heterocycles. The van der Waals surface area contributed by atoms with Crippen molar-refractivity contribution in [2.75, 3.05) is 13.2 Å². The summed E-state index contributed by atoms with van der Waals surface area (Å²) in [5.41, 5.74) is 1.25. The van der Waals surface area contributed by atoms with E-state index in [1.165, 1.54) is 24.8 Å². The Kier molecular flexibility index (Phi) is 10.7. The zero-order chi connectivity index (χ0) is 20.0. The van der Waals surface area contributed by atoms with Gasteiger partial charge in [-0.25, -0.2) is 0 Å². The van der Waals surface area contributed by atoms with Crippen molar-refractivity contribution >= 4 is 11.9 Å². The molecule has 1 aromatic carbocycles. The molecule has 0 aliphatic heterocycles. The van der Waals surface area contributed by atoms with E-state index in [0.29, 0.717) is 13.2 Å². The predicted octanol–water partition coefficient (Wildman–Crippen LogP) is 5.48. The first kappa shape index (κ1) is 22.4. The Labute approximate surface area is 170 Å². The van der Waals surface area contributed by atoms with Crippen molar-refractivity contribution < 1.29 is 19.1 Å². The Morgan fingerprint density at radius 3 is 2.00 bits per heavy atom. The van der Waals surface area contributed by atoms with Crippen LogP contribution in [0, 0.1) is 11.8 Å². The van der Waals surface area contributed by atoms with Crippen molar-refractivity contribution in [3.8, 4) is 0 Å².